The molecule has 0 unspecified atom stereocenters. The molecule has 2 heterocycles. The van der Waals surface area contributed by atoms with Crippen molar-refractivity contribution in [2.75, 3.05) is 0 Å². The number of aryl methyl sites for hydroxylation is 2. The molecule has 0 radical (unpaired) electrons. The van der Waals surface area contributed by atoms with E-state index in [0.29, 0.717) is 0 Å². The fraction of sp³-hybridized carbons (Fsp3) is 0.320. The SMILES string of the molecule is O=C(N[C@H]1CCCc2c1[nH]c1ccccc21)N[C@H]1CCCc2c1[nH]c1ccccc21. The van der Waals surface area contributed by atoms with Crippen LogP contribution in [-0.4, -0.2) is 16.0 Å². The van der Waals surface area contributed by atoms with Gasteiger partial charge in [0, 0.05) is 33.2 Å². The molecule has 2 aliphatic rings. The standard InChI is InChI=1S/C25H26N4O/c30-25(28-21-13-5-9-17-15-7-1-3-11-19(15)26-23(17)21)29-22-14-6-10-18-16-8-2-4-12-20(16)27-24(18)22/h1-4,7-8,11-12,21-22,26-27H,5-6,9-10,13-14H2,(H2,28,29,30)/t21-,22-/m0/s1. The summed E-state index contributed by atoms with van der Waals surface area (Å²) in [6, 6.07) is 16.8. The molecule has 152 valence electrons. The third-order valence-corrected chi connectivity index (χ3v) is 6.84. The zero-order valence-corrected chi connectivity index (χ0v) is 16.9. The molecule has 0 fully saturated rings. The van der Waals surface area contributed by atoms with E-state index in [0.717, 1.165) is 49.6 Å². The number of fused-ring (bicyclic) bond motifs is 6. The first-order chi connectivity index (χ1) is 14.8. The van der Waals surface area contributed by atoms with E-state index in [1.165, 1.54) is 33.3 Å². The second kappa shape index (κ2) is 6.94. The molecule has 4 N–H and O–H groups in total. The second-order valence-electron chi connectivity index (χ2n) is 8.63. The Balaban J connectivity index is 1.24. The molecule has 0 saturated heterocycles. The summed E-state index contributed by atoms with van der Waals surface area (Å²) >= 11 is 0. The highest BCUT2D eigenvalue weighted by atomic mass is 16.2. The predicted octanol–water partition coefficient (Wildman–Crippen LogP) is 5.40. The Morgan fingerprint density at radius 3 is 1.70 bits per heavy atom. The molecule has 5 heteroatoms. The normalized spacial score (nSPS) is 20.7. The van der Waals surface area contributed by atoms with Crippen LogP contribution in [0.1, 0.15) is 60.3 Å². The molecule has 2 amide bonds. The van der Waals surface area contributed by atoms with Crippen LogP contribution in [0.2, 0.25) is 0 Å². The quantitative estimate of drug-likeness (QED) is 0.358. The van der Waals surface area contributed by atoms with Gasteiger partial charge in [-0.15, -0.1) is 0 Å². The molecule has 2 aromatic heterocycles. The van der Waals surface area contributed by atoms with Gasteiger partial charge < -0.3 is 20.6 Å². The Bertz CT molecular complexity index is 1150. The number of urea groups is 1. The van der Waals surface area contributed by atoms with Gasteiger partial charge in [-0.2, -0.15) is 0 Å². The van der Waals surface area contributed by atoms with Gasteiger partial charge in [0.05, 0.1) is 12.1 Å². The van der Waals surface area contributed by atoms with E-state index in [1.807, 2.05) is 0 Å². The summed E-state index contributed by atoms with van der Waals surface area (Å²) in [5.74, 6) is 0. The number of para-hydroxylation sites is 2. The van der Waals surface area contributed by atoms with Crippen LogP contribution in [0.4, 0.5) is 4.79 Å². The molecule has 0 saturated carbocycles. The van der Waals surface area contributed by atoms with Gasteiger partial charge >= 0.3 is 6.03 Å². The number of hydrogen-bond acceptors (Lipinski definition) is 1. The summed E-state index contributed by atoms with van der Waals surface area (Å²) in [5, 5.41) is 9.08. The Morgan fingerprint density at radius 2 is 1.20 bits per heavy atom. The largest absolute Gasteiger partial charge is 0.356 e. The molecule has 6 rings (SSSR count). The molecule has 2 aliphatic carbocycles. The van der Waals surface area contributed by atoms with Crippen molar-refractivity contribution in [2.24, 2.45) is 0 Å². The summed E-state index contributed by atoms with van der Waals surface area (Å²) in [6.45, 7) is 0. The zero-order valence-electron chi connectivity index (χ0n) is 16.9. The van der Waals surface area contributed by atoms with Crippen LogP contribution in [0, 0.1) is 0 Å². The van der Waals surface area contributed by atoms with E-state index in [-0.39, 0.29) is 18.1 Å². The smallest absolute Gasteiger partial charge is 0.315 e. The van der Waals surface area contributed by atoms with Crippen LogP contribution >= 0.6 is 0 Å². The minimum Gasteiger partial charge on any atom is -0.356 e. The number of carbonyl (C=O) groups is 1. The summed E-state index contributed by atoms with van der Waals surface area (Å²) in [7, 11) is 0. The summed E-state index contributed by atoms with van der Waals surface area (Å²) in [6.07, 6.45) is 6.26. The summed E-state index contributed by atoms with van der Waals surface area (Å²) in [4.78, 5) is 20.1. The minimum absolute atomic E-state index is 0.0342. The number of rotatable bonds is 2. The molecule has 0 bridgehead atoms. The van der Waals surface area contributed by atoms with Crippen molar-refractivity contribution in [3.63, 3.8) is 0 Å². The van der Waals surface area contributed by atoms with Gasteiger partial charge in [-0.25, -0.2) is 4.79 Å². The zero-order chi connectivity index (χ0) is 20.1. The van der Waals surface area contributed by atoms with E-state index >= 15 is 0 Å². The van der Waals surface area contributed by atoms with E-state index in [9.17, 15) is 4.79 Å². The van der Waals surface area contributed by atoms with Crippen molar-refractivity contribution in [3.05, 3.63) is 71.0 Å². The topological polar surface area (TPSA) is 72.7 Å². The van der Waals surface area contributed by atoms with Crippen LogP contribution in [0.5, 0.6) is 0 Å². The van der Waals surface area contributed by atoms with Gasteiger partial charge in [0.1, 0.15) is 0 Å². The highest BCUT2D eigenvalue weighted by Gasteiger charge is 2.28. The van der Waals surface area contributed by atoms with Crippen LogP contribution in [0.15, 0.2) is 48.5 Å². The Labute approximate surface area is 175 Å². The number of amides is 2. The van der Waals surface area contributed by atoms with Crippen molar-refractivity contribution in [1.29, 1.82) is 0 Å². The molecule has 2 atom stereocenters. The third-order valence-electron chi connectivity index (χ3n) is 6.84. The van der Waals surface area contributed by atoms with Crippen molar-refractivity contribution < 1.29 is 4.79 Å². The van der Waals surface area contributed by atoms with Gasteiger partial charge in [0.25, 0.3) is 0 Å². The van der Waals surface area contributed by atoms with Crippen molar-refractivity contribution in [1.82, 2.24) is 20.6 Å². The average Bonchev–Trinajstić information content (AvgIpc) is 3.34. The Kier molecular flexibility index (Phi) is 4.08. The van der Waals surface area contributed by atoms with Gasteiger partial charge in [-0.05, 0) is 61.8 Å². The maximum absolute atomic E-state index is 13.0. The first-order valence-electron chi connectivity index (χ1n) is 11.0. The number of hydrogen-bond donors (Lipinski definition) is 4. The monoisotopic (exact) mass is 398 g/mol. The van der Waals surface area contributed by atoms with Crippen LogP contribution in [-0.2, 0) is 12.8 Å². The molecule has 4 aromatic rings. The number of carbonyl (C=O) groups excluding carboxylic acids is 1. The fourth-order valence-corrected chi connectivity index (χ4v) is 5.48. The summed E-state index contributed by atoms with van der Waals surface area (Å²) < 4.78 is 0. The predicted molar refractivity (Wildman–Crippen MR) is 120 cm³/mol. The van der Waals surface area contributed by atoms with Gasteiger partial charge in [-0.3, -0.25) is 0 Å². The van der Waals surface area contributed by atoms with E-state index < -0.39 is 0 Å². The van der Waals surface area contributed by atoms with Crippen LogP contribution < -0.4 is 10.6 Å². The lowest BCUT2D eigenvalue weighted by Crippen LogP contribution is -2.41. The highest BCUT2D eigenvalue weighted by Crippen LogP contribution is 2.36. The molecule has 0 aliphatic heterocycles. The van der Waals surface area contributed by atoms with Crippen LogP contribution in [0.3, 0.4) is 0 Å². The Hall–Kier alpha value is -3.21. The number of benzene rings is 2. The summed E-state index contributed by atoms with van der Waals surface area (Å²) in [5.41, 5.74) is 7.38. The Morgan fingerprint density at radius 1 is 0.733 bits per heavy atom. The lowest BCUT2D eigenvalue weighted by molar-refractivity contribution is 0.229. The average molecular weight is 399 g/mol. The molecule has 5 nitrogen and oxygen atoms in total. The van der Waals surface area contributed by atoms with Crippen molar-refractivity contribution in [2.45, 2.75) is 50.6 Å². The maximum Gasteiger partial charge on any atom is 0.315 e. The molecule has 30 heavy (non-hydrogen) atoms. The van der Waals surface area contributed by atoms with Crippen molar-refractivity contribution in [3.8, 4) is 0 Å². The number of aromatic amines is 2. The molecule has 0 spiro atoms. The van der Waals surface area contributed by atoms with Crippen molar-refractivity contribution >= 4 is 27.8 Å². The van der Waals surface area contributed by atoms with E-state index in [1.54, 1.807) is 0 Å². The minimum atomic E-state index is -0.0805. The van der Waals surface area contributed by atoms with Gasteiger partial charge in [0.2, 0.25) is 0 Å². The lowest BCUT2D eigenvalue weighted by Gasteiger charge is -2.27. The van der Waals surface area contributed by atoms with E-state index in [2.05, 4.69) is 69.1 Å². The number of H-pyrrole nitrogens is 2. The van der Waals surface area contributed by atoms with E-state index in [4.69, 9.17) is 0 Å². The third kappa shape index (κ3) is 2.80. The number of aromatic nitrogens is 2. The molecule has 2 aromatic carbocycles. The number of nitrogens with one attached hydrogen (secondary N) is 4. The fourth-order valence-electron chi connectivity index (χ4n) is 5.48. The maximum atomic E-state index is 13.0. The van der Waals surface area contributed by atoms with Gasteiger partial charge in [-0.1, -0.05) is 36.4 Å². The lowest BCUT2D eigenvalue weighted by atomic mass is 9.91. The molecular formula is C25H26N4O. The van der Waals surface area contributed by atoms with Gasteiger partial charge in [0.15, 0.2) is 0 Å². The second-order valence-corrected chi connectivity index (χ2v) is 8.63. The van der Waals surface area contributed by atoms with Crippen LogP contribution in [0.25, 0.3) is 21.8 Å². The molecular weight excluding hydrogens is 372 g/mol. The first kappa shape index (κ1) is 17.6. The highest BCUT2D eigenvalue weighted by molar-refractivity contribution is 5.86. The first-order valence-corrected chi connectivity index (χ1v) is 11.0.